The molecule has 0 radical (unpaired) electrons. The third-order valence-corrected chi connectivity index (χ3v) is 1.11. The zero-order chi connectivity index (χ0) is 16.4. The Morgan fingerprint density at radius 1 is 0.750 bits per heavy atom. The van der Waals surface area contributed by atoms with Crippen LogP contribution < -0.4 is 0 Å². The Morgan fingerprint density at radius 2 is 1.00 bits per heavy atom. The van der Waals surface area contributed by atoms with E-state index < -0.39 is 37.5 Å². The molecule has 0 aromatic carbocycles. The molecular formula is C8H10F6O6. The SMILES string of the molecule is O=C(OCCOC(=O)C(F)(F)F)C(F)(F)F.OCCO. The fraction of sp³-hybridized carbons (Fsp3) is 0.750. The van der Waals surface area contributed by atoms with Crippen molar-refractivity contribution in [3.8, 4) is 0 Å². The van der Waals surface area contributed by atoms with E-state index in [1.54, 1.807) is 0 Å². The summed E-state index contributed by atoms with van der Waals surface area (Å²) in [6.45, 7) is -2.47. The van der Waals surface area contributed by atoms with Crippen LogP contribution in [0, 0.1) is 0 Å². The Labute approximate surface area is 107 Å². The molecule has 0 fully saturated rings. The first kappa shape index (κ1) is 20.8. The van der Waals surface area contributed by atoms with Crippen molar-refractivity contribution in [3.63, 3.8) is 0 Å². The van der Waals surface area contributed by atoms with Gasteiger partial charge in [-0.2, -0.15) is 26.3 Å². The van der Waals surface area contributed by atoms with Crippen LogP contribution in [0.4, 0.5) is 26.3 Å². The highest BCUT2D eigenvalue weighted by atomic mass is 19.4. The van der Waals surface area contributed by atoms with Crippen molar-refractivity contribution in [2.45, 2.75) is 12.4 Å². The topological polar surface area (TPSA) is 93.1 Å². The zero-order valence-electron chi connectivity index (χ0n) is 9.62. The quantitative estimate of drug-likeness (QED) is 0.436. The maximum Gasteiger partial charge on any atom is 0.490 e. The molecule has 12 heteroatoms. The maximum absolute atomic E-state index is 11.5. The van der Waals surface area contributed by atoms with Gasteiger partial charge < -0.3 is 19.7 Å². The third kappa shape index (κ3) is 11.5. The molecule has 120 valence electrons. The van der Waals surface area contributed by atoms with Gasteiger partial charge in [0.15, 0.2) is 0 Å². The summed E-state index contributed by atoms with van der Waals surface area (Å²) in [6.07, 6.45) is -10.5. The molecule has 0 saturated carbocycles. The van der Waals surface area contributed by atoms with Crippen LogP contribution in [0.3, 0.4) is 0 Å². The van der Waals surface area contributed by atoms with E-state index in [-0.39, 0.29) is 13.2 Å². The molecule has 20 heavy (non-hydrogen) atoms. The lowest BCUT2D eigenvalue weighted by atomic mass is 10.6. The average Bonchev–Trinajstić information content (AvgIpc) is 2.31. The summed E-state index contributed by atoms with van der Waals surface area (Å²) in [4.78, 5) is 20.0. The summed E-state index contributed by atoms with van der Waals surface area (Å²) >= 11 is 0. The third-order valence-electron chi connectivity index (χ3n) is 1.11. The van der Waals surface area contributed by atoms with Gasteiger partial charge in [-0.3, -0.25) is 0 Å². The van der Waals surface area contributed by atoms with Crippen molar-refractivity contribution in [1.29, 1.82) is 0 Å². The fourth-order valence-corrected chi connectivity index (χ4v) is 0.432. The number of esters is 2. The van der Waals surface area contributed by atoms with E-state index in [1.165, 1.54) is 0 Å². The summed E-state index contributed by atoms with van der Waals surface area (Å²) < 4.78 is 75.7. The number of rotatable bonds is 4. The number of alkyl halides is 6. The lowest BCUT2D eigenvalue weighted by Crippen LogP contribution is -2.29. The smallest absolute Gasteiger partial charge is 0.455 e. The van der Waals surface area contributed by atoms with Crippen molar-refractivity contribution >= 4 is 11.9 Å². The van der Waals surface area contributed by atoms with Gasteiger partial charge in [-0.15, -0.1) is 0 Å². The highest BCUT2D eigenvalue weighted by Crippen LogP contribution is 2.17. The predicted octanol–water partition coefficient (Wildman–Crippen LogP) is 0.168. The molecule has 0 aromatic rings. The van der Waals surface area contributed by atoms with Crippen molar-refractivity contribution in [3.05, 3.63) is 0 Å². The normalized spacial score (nSPS) is 11.2. The van der Waals surface area contributed by atoms with Crippen LogP contribution in [0.5, 0.6) is 0 Å². The fourth-order valence-electron chi connectivity index (χ4n) is 0.432. The predicted molar refractivity (Wildman–Crippen MR) is 48.2 cm³/mol. The highest BCUT2D eigenvalue weighted by molar-refractivity contribution is 5.76. The van der Waals surface area contributed by atoms with Crippen LogP contribution in [0.25, 0.3) is 0 Å². The Kier molecular flexibility index (Phi) is 9.71. The molecule has 0 atom stereocenters. The Bertz CT molecular complexity index is 269. The van der Waals surface area contributed by atoms with Gasteiger partial charge in [-0.05, 0) is 0 Å². The summed E-state index contributed by atoms with van der Waals surface area (Å²) in [5, 5.41) is 15.2. The van der Waals surface area contributed by atoms with Gasteiger partial charge in [0.2, 0.25) is 0 Å². The van der Waals surface area contributed by atoms with Crippen LogP contribution in [0.1, 0.15) is 0 Å². The van der Waals surface area contributed by atoms with Crippen molar-refractivity contribution in [2.75, 3.05) is 26.4 Å². The first-order valence-corrected chi connectivity index (χ1v) is 4.66. The molecule has 0 aliphatic carbocycles. The second-order valence-electron chi connectivity index (χ2n) is 2.71. The monoisotopic (exact) mass is 316 g/mol. The molecule has 2 N–H and O–H groups in total. The first-order chi connectivity index (χ1) is 8.96. The molecule has 6 nitrogen and oxygen atoms in total. The van der Waals surface area contributed by atoms with Gasteiger partial charge in [0.25, 0.3) is 0 Å². The minimum atomic E-state index is -5.24. The van der Waals surface area contributed by atoms with Crippen LogP contribution in [-0.2, 0) is 19.1 Å². The number of carbonyl (C=O) groups is 2. The molecular weight excluding hydrogens is 306 g/mol. The molecule has 0 saturated heterocycles. The second-order valence-corrected chi connectivity index (χ2v) is 2.71. The Hall–Kier alpha value is -1.56. The van der Waals surface area contributed by atoms with Crippen LogP contribution in [0.2, 0.25) is 0 Å². The Balaban J connectivity index is 0. The largest absolute Gasteiger partial charge is 0.490 e. The first-order valence-electron chi connectivity index (χ1n) is 4.66. The van der Waals surface area contributed by atoms with Gasteiger partial charge in [0.05, 0.1) is 13.2 Å². The molecule has 0 aliphatic rings. The van der Waals surface area contributed by atoms with E-state index in [2.05, 4.69) is 9.47 Å². The number of halogens is 6. The minimum absolute atomic E-state index is 0.125. The molecule has 0 unspecified atom stereocenters. The molecule has 0 heterocycles. The van der Waals surface area contributed by atoms with E-state index in [0.717, 1.165) is 0 Å². The van der Waals surface area contributed by atoms with Crippen molar-refractivity contribution < 1.29 is 55.6 Å². The summed E-state index contributed by atoms with van der Waals surface area (Å²) in [5.41, 5.74) is 0. The van der Waals surface area contributed by atoms with E-state index in [1.807, 2.05) is 0 Å². The zero-order valence-corrected chi connectivity index (χ0v) is 9.62. The summed E-state index contributed by atoms with van der Waals surface area (Å²) in [6, 6.07) is 0. The summed E-state index contributed by atoms with van der Waals surface area (Å²) in [5.74, 6) is -5.15. The van der Waals surface area contributed by atoms with Crippen molar-refractivity contribution in [2.24, 2.45) is 0 Å². The van der Waals surface area contributed by atoms with E-state index in [4.69, 9.17) is 10.2 Å². The number of aliphatic hydroxyl groups excluding tert-OH is 2. The van der Waals surface area contributed by atoms with E-state index >= 15 is 0 Å². The van der Waals surface area contributed by atoms with Gasteiger partial charge >= 0.3 is 24.3 Å². The molecule has 0 rings (SSSR count). The number of hydrogen-bond acceptors (Lipinski definition) is 6. The molecule has 0 spiro atoms. The highest BCUT2D eigenvalue weighted by Gasteiger charge is 2.42. The molecule has 0 amide bonds. The van der Waals surface area contributed by atoms with Crippen molar-refractivity contribution in [1.82, 2.24) is 0 Å². The number of aliphatic hydroxyl groups is 2. The number of ether oxygens (including phenoxy) is 2. The molecule has 0 bridgehead atoms. The number of carbonyl (C=O) groups excluding carboxylic acids is 2. The maximum atomic E-state index is 11.5. The van der Waals surface area contributed by atoms with Gasteiger partial charge in [-0.25, -0.2) is 9.59 Å². The van der Waals surface area contributed by atoms with Crippen LogP contribution in [0.15, 0.2) is 0 Å². The van der Waals surface area contributed by atoms with E-state index in [9.17, 15) is 35.9 Å². The summed E-state index contributed by atoms with van der Waals surface area (Å²) in [7, 11) is 0. The van der Waals surface area contributed by atoms with Gasteiger partial charge in [0.1, 0.15) is 13.2 Å². The lowest BCUT2D eigenvalue weighted by molar-refractivity contribution is -0.207. The number of hydrogen-bond donors (Lipinski definition) is 2. The molecule has 0 aromatic heterocycles. The molecule has 0 aliphatic heterocycles. The standard InChI is InChI=1S/C6H4F6O4.C2H6O2/c7-5(8,9)3(13)15-1-2-16-4(14)6(10,11)12;3-1-2-4/h1-2H2;3-4H,1-2H2. The van der Waals surface area contributed by atoms with Gasteiger partial charge in [-0.1, -0.05) is 0 Å². The van der Waals surface area contributed by atoms with Crippen LogP contribution >= 0.6 is 0 Å². The van der Waals surface area contributed by atoms with Crippen LogP contribution in [-0.4, -0.2) is 60.9 Å². The average molecular weight is 316 g/mol. The minimum Gasteiger partial charge on any atom is -0.455 e. The van der Waals surface area contributed by atoms with E-state index in [0.29, 0.717) is 0 Å². The van der Waals surface area contributed by atoms with Gasteiger partial charge in [0, 0.05) is 0 Å². The second kappa shape index (κ2) is 9.36. The lowest BCUT2D eigenvalue weighted by Gasteiger charge is -2.08. The Morgan fingerprint density at radius 3 is 1.15 bits per heavy atom.